The maximum Gasteiger partial charge on any atom is 0.244 e. The number of nitriles is 1. The Balaban J connectivity index is 1.65. The van der Waals surface area contributed by atoms with Crippen LogP contribution in [0.15, 0.2) is 53.4 Å². The van der Waals surface area contributed by atoms with Gasteiger partial charge in [-0.05, 0) is 49.1 Å². The van der Waals surface area contributed by atoms with E-state index >= 15 is 0 Å². The van der Waals surface area contributed by atoms with Gasteiger partial charge in [0, 0.05) is 24.7 Å². The first-order valence-electron chi connectivity index (χ1n) is 9.34. The maximum absolute atomic E-state index is 12.9. The van der Waals surface area contributed by atoms with Crippen LogP contribution in [0.1, 0.15) is 30.9 Å². The molecule has 0 radical (unpaired) electrons. The van der Waals surface area contributed by atoms with Crippen LogP contribution in [0.2, 0.25) is 0 Å². The molecule has 28 heavy (non-hydrogen) atoms. The standard InChI is InChI=1S/C21H23N3O3S/c1-2-16-6-5-8-19(14-16)23-21(25)17-10-12-24(13-11-17)28(26,27)20-9-4-3-7-18(20)15-22/h3-9,14,17H,2,10-13H2,1H3,(H,23,25). The summed E-state index contributed by atoms with van der Waals surface area (Å²) in [6.07, 6.45) is 1.80. The Labute approximate surface area is 165 Å². The molecule has 1 saturated heterocycles. The van der Waals surface area contributed by atoms with Gasteiger partial charge in [-0.15, -0.1) is 0 Å². The average molecular weight is 398 g/mol. The van der Waals surface area contributed by atoms with Crippen molar-refractivity contribution in [3.63, 3.8) is 0 Å². The Morgan fingerprint density at radius 2 is 1.89 bits per heavy atom. The summed E-state index contributed by atoms with van der Waals surface area (Å²) in [4.78, 5) is 12.6. The van der Waals surface area contributed by atoms with Gasteiger partial charge in [-0.3, -0.25) is 4.79 Å². The summed E-state index contributed by atoms with van der Waals surface area (Å²) in [7, 11) is -3.74. The second-order valence-electron chi connectivity index (χ2n) is 6.83. The molecule has 1 amide bonds. The predicted molar refractivity (Wildman–Crippen MR) is 107 cm³/mol. The lowest BCUT2D eigenvalue weighted by Crippen LogP contribution is -2.41. The van der Waals surface area contributed by atoms with Crippen LogP contribution in [0.4, 0.5) is 5.69 Å². The molecular formula is C21H23N3O3S. The highest BCUT2D eigenvalue weighted by Gasteiger charge is 2.33. The summed E-state index contributed by atoms with van der Waals surface area (Å²) in [5.74, 6) is -0.314. The molecule has 0 bridgehead atoms. The summed E-state index contributed by atoms with van der Waals surface area (Å²) in [6, 6.07) is 15.9. The minimum atomic E-state index is -3.74. The molecule has 1 N–H and O–H groups in total. The van der Waals surface area contributed by atoms with Crippen LogP contribution in [0.5, 0.6) is 0 Å². The van der Waals surface area contributed by atoms with Crippen molar-refractivity contribution in [3.05, 3.63) is 59.7 Å². The van der Waals surface area contributed by atoms with Crippen LogP contribution in [-0.2, 0) is 21.2 Å². The zero-order valence-electron chi connectivity index (χ0n) is 15.8. The summed E-state index contributed by atoms with van der Waals surface area (Å²) >= 11 is 0. The third-order valence-electron chi connectivity index (χ3n) is 5.05. The number of sulfonamides is 1. The van der Waals surface area contributed by atoms with Crippen molar-refractivity contribution in [1.29, 1.82) is 5.26 Å². The number of benzene rings is 2. The fraction of sp³-hybridized carbons (Fsp3) is 0.333. The zero-order chi connectivity index (χ0) is 20.1. The third-order valence-corrected chi connectivity index (χ3v) is 7.01. The fourth-order valence-electron chi connectivity index (χ4n) is 3.39. The van der Waals surface area contributed by atoms with Gasteiger partial charge in [0.25, 0.3) is 0 Å². The van der Waals surface area contributed by atoms with Gasteiger partial charge in [-0.1, -0.05) is 31.2 Å². The number of nitrogens with zero attached hydrogens (tertiary/aromatic N) is 2. The molecule has 1 aliphatic rings. The highest BCUT2D eigenvalue weighted by Crippen LogP contribution is 2.26. The van der Waals surface area contributed by atoms with E-state index < -0.39 is 10.0 Å². The lowest BCUT2D eigenvalue weighted by Gasteiger charge is -2.30. The molecular weight excluding hydrogens is 374 g/mol. The molecule has 0 aromatic heterocycles. The summed E-state index contributed by atoms with van der Waals surface area (Å²) in [5.41, 5.74) is 2.05. The topological polar surface area (TPSA) is 90.3 Å². The van der Waals surface area contributed by atoms with E-state index in [4.69, 9.17) is 0 Å². The van der Waals surface area contributed by atoms with Crippen molar-refractivity contribution >= 4 is 21.6 Å². The monoisotopic (exact) mass is 397 g/mol. The molecule has 0 unspecified atom stereocenters. The SMILES string of the molecule is CCc1cccc(NC(=O)C2CCN(S(=O)(=O)c3ccccc3C#N)CC2)c1. The molecule has 0 aliphatic carbocycles. The number of carbonyl (C=O) groups is 1. The third kappa shape index (κ3) is 4.24. The van der Waals surface area contributed by atoms with Gasteiger partial charge in [0.15, 0.2) is 0 Å². The van der Waals surface area contributed by atoms with Crippen molar-refractivity contribution in [2.75, 3.05) is 18.4 Å². The molecule has 2 aromatic rings. The molecule has 2 aromatic carbocycles. The number of anilines is 1. The molecule has 1 fully saturated rings. The Morgan fingerprint density at radius 3 is 2.57 bits per heavy atom. The summed E-state index contributed by atoms with van der Waals surface area (Å²) < 4.78 is 27.1. The van der Waals surface area contributed by atoms with Crippen LogP contribution in [-0.4, -0.2) is 31.7 Å². The first-order valence-corrected chi connectivity index (χ1v) is 10.8. The number of aryl methyl sites for hydroxylation is 1. The van der Waals surface area contributed by atoms with Gasteiger partial charge in [-0.2, -0.15) is 9.57 Å². The molecule has 0 saturated carbocycles. The average Bonchev–Trinajstić information content (AvgIpc) is 2.73. The van der Waals surface area contributed by atoms with Gasteiger partial charge in [0.2, 0.25) is 15.9 Å². The molecule has 6 nitrogen and oxygen atoms in total. The van der Waals surface area contributed by atoms with Crippen molar-refractivity contribution < 1.29 is 13.2 Å². The van der Waals surface area contributed by atoms with Gasteiger partial charge in [0.05, 0.1) is 10.5 Å². The van der Waals surface area contributed by atoms with Crippen molar-refractivity contribution in [3.8, 4) is 6.07 Å². The number of piperidine rings is 1. The predicted octanol–water partition coefficient (Wildman–Crippen LogP) is 3.16. The lowest BCUT2D eigenvalue weighted by atomic mass is 9.97. The van der Waals surface area contributed by atoms with Crippen LogP contribution >= 0.6 is 0 Å². The molecule has 7 heteroatoms. The number of hydrogen-bond acceptors (Lipinski definition) is 4. The molecule has 1 aliphatic heterocycles. The Morgan fingerprint density at radius 1 is 1.18 bits per heavy atom. The van der Waals surface area contributed by atoms with E-state index in [0.717, 1.165) is 17.7 Å². The van der Waals surface area contributed by atoms with E-state index in [1.807, 2.05) is 30.3 Å². The van der Waals surface area contributed by atoms with Crippen molar-refractivity contribution in [2.45, 2.75) is 31.1 Å². The quantitative estimate of drug-likeness (QED) is 0.839. The molecule has 146 valence electrons. The number of amides is 1. The van der Waals surface area contributed by atoms with E-state index in [0.29, 0.717) is 12.8 Å². The number of carbonyl (C=O) groups excluding carboxylic acids is 1. The Bertz CT molecular complexity index is 1000. The molecule has 0 atom stereocenters. The van der Waals surface area contributed by atoms with E-state index in [2.05, 4.69) is 12.2 Å². The van der Waals surface area contributed by atoms with Crippen molar-refractivity contribution in [2.24, 2.45) is 5.92 Å². The number of nitrogens with one attached hydrogen (secondary N) is 1. The zero-order valence-corrected chi connectivity index (χ0v) is 16.6. The van der Waals surface area contributed by atoms with Crippen LogP contribution in [0, 0.1) is 17.2 Å². The second-order valence-corrected chi connectivity index (χ2v) is 8.74. The molecule has 0 spiro atoms. The van der Waals surface area contributed by atoms with Crippen LogP contribution in [0.3, 0.4) is 0 Å². The van der Waals surface area contributed by atoms with Crippen LogP contribution in [0.25, 0.3) is 0 Å². The van der Waals surface area contributed by atoms with E-state index in [-0.39, 0.29) is 35.4 Å². The minimum absolute atomic E-state index is 0.0248. The Kier molecular flexibility index (Phi) is 6.12. The van der Waals surface area contributed by atoms with Gasteiger partial charge < -0.3 is 5.32 Å². The number of rotatable bonds is 5. The smallest absolute Gasteiger partial charge is 0.244 e. The minimum Gasteiger partial charge on any atom is -0.326 e. The molecule has 3 rings (SSSR count). The summed E-state index contributed by atoms with van der Waals surface area (Å²) in [5, 5.41) is 12.1. The highest BCUT2D eigenvalue weighted by atomic mass is 32.2. The largest absolute Gasteiger partial charge is 0.326 e. The van der Waals surface area contributed by atoms with Crippen molar-refractivity contribution in [1.82, 2.24) is 4.31 Å². The normalized spacial score (nSPS) is 15.7. The van der Waals surface area contributed by atoms with Gasteiger partial charge in [-0.25, -0.2) is 8.42 Å². The first kappa shape index (κ1) is 20.1. The lowest BCUT2D eigenvalue weighted by molar-refractivity contribution is -0.120. The first-order chi connectivity index (χ1) is 13.5. The second kappa shape index (κ2) is 8.55. The number of hydrogen-bond donors (Lipinski definition) is 1. The maximum atomic E-state index is 12.9. The van der Waals surface area contributed by atoms with E-state index in [1.54, 1.807) is 12.1 Å². The Hall–Kier alpha value is -2.69. The van der Waals surface area contributed by atoms with E-state index in [1.165, 1.54) is 16.4 Å². The van der Waals surface area contributed by atoms with E-state index in [9.17, 15) is 18.5 Å². The fourth-order valence-corrected chi connectivity index (χ4v) is 5.01. The highest BCUT2D eigenvalue weighted by molar-refractivity contribution is 7.89. The van der Waals surface area contributed by atoms with Crippen LogP contribution < -0.4 is 5.32 Å². The van der Waals surface area contributed by atoms with Gasteiger partial charge >= 0.3 is 0 Å². The summed E-state index contributed by atoms with van der Waals surface area (Å²) in [6.45, 7) is 2.58. The van der Waals surface area contributed by atoms with Gasteiger partial charge in [0.1, 0.15) is 6.07 Å². The molecule has 1 heterocycles.